The summed E-state index contributed by atoms with van der Waals surface area (Å²) in [6.07, 6.45) is 0. The van der Waals surface area contributed by atoms with Gasteiger partial charge in [0.25, 0.3) is 0 Å². The molecule has 10 rings (SSSR count). The Morgan fingerprint density at radius 1 is 0.224 bits per heavy atom. The number of hydrogen-bond acceptors (Lipinski definition) is 0. The topological polar surface area (TPSA) is 4.93 Å². The van der Waals surface area contributed by atoms with Crippen LogP contribution in [0.2, 0.25) is 0 Å². The van der Waals surface area contributed by atoms with Crippen LogP contribution >= 0.6 is 0 Å². The van der Waals surface area contributed by atoms with E-state index in [0.29, 0.717) is 0 Å². The maximum atomic E-state index is 2.39. The van der Waals surface area contributed by atoms with Crippen molar-refractivity contribution in [2.45, 2.75) is 0 Å². The summed E-state index contributed by atoms with van der Waals surface area (Å²) in [4.78, 5) is 0. The van der Waals surface area contributed by atoms with Gasteiger partial charge in [0.1, 0.15) is 0 Å². The van der Waals surface area contributed by atoms with Gasteiger partial charge >= 0.3 is 0 Å². The van der Waals surface area contributed by atoms with E-state index in [4.69, 9.17) is 0 Å². The molecule has 0 aliphatic heterocycles. The molecule has 1 aromatic heterocycles. The zero-order chi connectivity index (χ0) is 32.3. The molecule has 0 radical (unpaired) electrons. The average molecular weight is 622 g/mol. The van der Waals surface area contributed by atoms with Crippen LogP contribution in [0.5, 0.6) is 0 Å². The van der Waals surface area contributed by atoms with Crippen LogP contribution in [-0.4, -0.2) is 4.57 Å². The second-order valence-electron chi connectivity index (χ2n) is 12.9. The molecule has 0 unspecified atom stereocenters. The predicted octanol–water partition coefficient (Wildman–Crippen LogP) is 13.2. The highest BCUT2D eigenvalue weighted by atomic mass is 15.0. The molecule has 0 aliphatic carbocycles. The molecule has 1 heteroatoms. The lowest BCUT2D eigenvalue weighted by Gasteiger charge is -2.13. The Labute approximate surface area is 284 Å². The minimum Gasteiger partial charge on any atom is -0.309 e. The zero-order valence-corrected chi connectivity index (χ0v) is 26.8. The maximum Gasteiger partial charge on any atom is 0.0541 e. The van der Waals surface area contributed by atoms with Crippen LogP contribution in [0.15, 0.2) is 188 Å². The second-order valence-corrected chi connectivity index (χ2v) is 12.9. The van der Waals surface area contributed by atoms with Crippen LogP contribution in [0.4, 0.5) is 0 Å². The van der Waals surface area contributed by atoms with E-state index in [1.807, 2.05) is 0 Å². The summed E-state index contributed by atoms with van der Waals surface area (Å²) in [6, 6.07) is 68.7. The van der Waals surface area contributed by atoms with Crippen molar-refractivity contribution < 1.29 is 0 Å². The summed E-state index contributed by atoms with van der Waals surface area (Å²) < 4.78 is 2.39. The van der Waals surface area contributed by atoms with Crippen LogP contribution in [0.1, 0.15) is 0 Å². The molecule has 0 amide bonds. The first-order valence-corrected chi connectivity index (χ1v) is 16.9. The Balaban J connectivity index is 1.14. The molecule has 49 heavy (non-hydrogen) atoms. The third-order valence-corrected chi connectivity index (χ3v) is 10.2. The van der Waals surface area contributed by atoms with Gasteiger partial charge in [-0.25, -0.2) is 0 Å². The molecule has 0 N–H and O–H groups in total. The summed E-state index contributed by atoms with van der Waals surface area (Å²) in [6.45, 7) is 0. The molecule has 0 spiro atoms. The van der Waals surface area contributed by atoms with Crippen molar-refractivity contribution in [3.63, 3.8) is 0 Å². The molecule has 1 heterocycles. The summed E-state index contributed by atoms with van der Waals surface area (Å²) >= 11 is 0. The van der Waals surface area contributed by atoms with Gasteiger partial charge in [0, 0.05) is 16.5 Å². The summed E-state index contributed by atoms with van der Waals surface area (Å²) in [5, 5.41) is 10.3. The largest absolute Gasteiger partial charge is 0.309 e. The molecule has 0 fully saturated rings. The number of benzene rings is 9. The van der Waals surface area contributed by atoms with Gasteiger partial charge < -0.3 is 4.57 Å². The van der Waals surface area contributed by atoms with Gasteiger partial charge in [-0.05, 0) is 114 Å². The third-order valence-electron chi connectivity index (χ3n) is 10.2. The molecular weight excluding hydrogens is 591 g/mol. The standard InChI is InChI=1S/C48H31N/c1-3-12-32(13-4-1)35-23-26-47-45(30-35)46-31-37(24-27-48(46)49(47)38-16-5-2-6-17-38)34-15-11-14-33(28-34)36-22-25-43-41-20-8-7-18-39(41)40-19-9-10-21-42(40)44(43)29-36/h1-31H. The Hall–Kier alpha value is -6.44. The summed E-state index contributed by atoms with van der Waals surface area (Å²) in [5.74, 6) is 0. The molecule has 9 aromatic carbocycles. The molecule has 0 saturated carbocycles. The maximum absolute atomic E-state index is 2.39. The van der Waals surface area contributed by atoms with Gasteiger partial charge in [0.2, 0.25) is 0 Å². The van der Waals surface area contributed by atoms with Crippen molar-refractivity contribution in [3.8, 4) is 39.1 Å². The predicted molar refractivity (Wildman–Crippen MR) is 210 cm³/mol. The first-order chi connectivity index (χ1) is 24.3. The van der Waals surface area contributed by atoms with E-state index in [2.05, 4.69) is 193 Å². The normalized spacial score (nSPS) is 11.7. The quantitative estimate of drug-likeness (QED) is 0.172. The van der Waals surface area contributed by atoms with E-state index in [9.17, 15) is 0 Å². The molecule has 0 bridgehead atoms. The molecular formula is C48H31N. The van der Waals surface area contributed by atoms with Crippen LogP contribution in [0.3, 0.4) is 0 Å². The Morgan fingerprint density at radius 2 is 0.612 bits per heavy atom. The van der Waals surface area contributed by atoms with Crippen LogP contribution in [-0.2, 0) is 0 Å². The lowest BCUT2D eigenvalue weighted by atomic mass is 9.91. The van der Waals surface area contributed by atoms with Crippen LogP contribution in [0, 0.1) is 0 Å². The highest BCUT2D eigenvalue weighted by molar-refractivity contribution is 6.25. The molecule has 0 atom stereocenters. The van der Waals surface area contributed by atoms with Gasteiger partial charge in [-0.2, -0.15) is 0 Å². The zero-order valence-electron chi connectivity index (χ0n) is 26.8. The lowest BCUT2D eigenvalue weighted by molar-refractivity contribution is 1.18. The van der Waals surface area contributed by atoms with Crippen molar-refractivity contribution in [1.82, 2.24) is 4.57 Å². The molecule has 0 aliphatic rings. The number of aromatic nitrogens is 1. The fourth-order valence-corrected chi connectivity index (χ4v) is 7.83. The number of fused-ring (bicyclic) bond motifs is 9. The van der Waals surface area contributed by atoms with E-state index >= 15 is 0 Å². The first kappa shape index (κ1) is 27.7. The van der Waals surface area contributed by atoms with Gasteiger partial charge in [-0.3, -0.25) is 0 Å². The fourth-order valence-electron chi connectivity index (χ4n) is 7.83. The fraction of sp³-hybridized carbons (Fsp3) is 0. The monoisotopic (exact) mass is 621 g/mol. The van der Waals surface area contributed by atoms with Crippen molar-refractivity contribution in [3.05, 3.63) is 188 Å². The van der Waals surface area contributed by atoms with E-state index in [0.717, 1.165) is 0 Å². The van der Waals surface area contributed by atoms with Crippen LogP contribution in [0.25, 0.3) is 93.2 Å². The number of hydrogen-bond donors (Lipinski definition) is 0. The van der Waals surface area contributed by atoms with Crippen molar-refractivity contribution in [2.75, 3.05) is 0 Å². The van der Waals surface area contributed by atoms with E-state index in [1.165, 1.54) is 93.2 Å². The van der Waals surface area contributed by atoms with E-state index in [-0.39, 0.29) is 0 Å². The highest BCUT2D eigenvalue weighted by Crippen LogP contribution is 2.40. The second kappa shape index (κ2) is 11.1. The van der Waals surface area contributed by atoms with Crippen molar-refractivity contribution in [1.29, 1.82) is 0 Å². The van der Waals surface area contributed by atoms with Gasteiger partial charge in [0.15, 0.2) is 0 Å². The third kappa shape index (κ3) is 4.47. The Bertz CT molecular complexity index is 2820. The number of para-hydroxylation sites is 1. The summed E-state index contributed by atoms with van der Waals surface area (Å²) in [5.41, 5.74) is 10.9. The van der Waals surface area contributed by atoms with Gasteiger partial charge in [-0.15, -0.1) is 0 Å². The Morgan fingerprint density at radius 3 is 1.18 bits per heavy atom. The van der Waals surface area contributed by atoms with E-state index in [1.54, 1.807) is 0 Å². The highest BCUT2D eigenvalue weighted by Gasteiger charge is 2.15. The minimum atomic E-state index is 1.17. The number of nitrogens with zero attached hydrogens (tertiary/aromatic N) is 1. The summed E-state index contributed by atoms with van der Waals surface area (Å²) in [7, 11) is 0. The first-order valence-electron chi connectivity index (χ1n) is 16.9. The molecule has 228 valence electrons. The smallest absolute Gasteiger partial charge is 0.0541 e. The van der Waals surface area contributed by atoms with Gasteiger partial charge in [-0.1, -0.05) is 140 Å². The lowest BCUT2D eigenvalue weighted by Crippen LogP contribution is -1.93. The van der Waals surface area contributed by atoms with Crippen molar-refractivity contribution in [2.24, 2.45) is 0 Å². The van der Waals surface area contributed by atoms with Gasteiger partial charge in [0.05, 0.1) is 11.0 Å². The molecule has 10 aromatic rings. The average Bonchev–Trinajstić information content (AvgIpc) is 3.51. The molecule has 1 nitrogen and oxygen atoms in total. The minimum absolute atomic E-state index is 1.17. The SMILES string of the molecule is c1ccc(-c2ccc3c(c2)c2cc(-c4cccc(-c5ccc6c7ccccc7c7ccccc7c6c5)c4)ccc2n3-c2ccccc2)cc1. The number of rotatable bonds is 4. The van der Waals surface area contributed by atoms with E-state index < -0.39 is 0 Å². The molecule has 0 saturated heterocycles. The Kier molecular flexibility index (Phi) is 6.25. The van der Waals surface area contributed by atoms with Crippen LogP contribution < -0.4 is 0 Å². The van der Waals surface area contributed by atoms with Crippen molar-refractivity contribution >= 4 is 54.1 Å².